The SMILES string of the molecule is Cc1ccc(F)c(NC(=O)/C=N/O)c1. The summed E-state index contributed by atoms with van der Waals surface area (Å²) in [6.07, 6.45) is 0.655. The van der Waals surface area contributed by atoms with Crippen LogP contribution in [-0.4, -0.2) is 17.3 Å². The monoisotopic (exact) mass is 196 g/mol. The molecule has 14 heavy (non-hydrogen) atoms. The molecule has 0 aliphatic carbocycles. The number of nitrogens with one attached hydrogen (secondary N) is 1. The summed E-state index contributed by atoms with van der Waals surface area (Å²) in [6, 6.07) is 4.32. The predicted molar refractivity (Wildman–Crippen MR) is 50.0 cm³/mol. The zero-order valence-corrected chi connectivity index (χ0v) is 7.49. The number of amides is 1. The maximum Gasteiger partial charge on any atom is 0.270 e. The molecule has 1 amide bonds. The molecule has 1 aromatic rings. The van der Waals surface area contributed by atoms with Crippen LogP contribution < -0.4 is 5.32 Å². The summed E-state index contributed by atoms with van der Waals surface area (Å²) in [6.45, 7) is 1.77. The summed E-state index contributed by atoms with van der Waals surface area (Å²) in [5, 5.41) is 12.8. The average molecular weight is 196 g/mol. The van der Waals surface area contributed by atoms with Crippen LogP contribution in [0.2, 0.25) is 0 Å². The summed E-state index contributed by atoms with van der Waals surface area (Å²) in [5.74, 6) is -1.22. The molecule has 0 bridgehead atoms. The van der Waals surface area contributed by atoms with Crippen molar-refractivity contribution in [1.82, 2.24) is 0 Å². The third kappa shape index (κ3) is 2.55. The number of benzene rings is 1. The largest absolute Gasteiger partial charge is 0.411 e. The fourth-order valence-electron chi connectivity index (χ4n) is 0.952. The number of aryl methyl sites for hydroxylation is 1. The number of carbonyl (C=O) groups is 1. The number of hydrogen-bond donors (Lipinski definition) is 2. The molecule has 1 rings (SSSR count). The lowest BCUT2D eigenvalue weighted by Crippen LogP contribution is -2.13. The van der Waals surface area contributed by atoms with E-state index >= 15 is 0 Å². The summed E-state index contributed by atoms with van der Waals surface area (Å²) in [4.78, 5) is 10.9. The minimum Gasteiger partial charge on any atom is -0.411 e. The number of oxime groups is 1. The van der Waals surface area contributed by atoms with E-state index in [2.05, 4.69) is 10.5 Å². The molecular weight excluding hydrogens is 187 g/mol. The Morgan fingerprint density at radius 3 is 3.00 bits per heavy atom. The van der Waals surface area contributed by atoms with Crippen molar-refractivity contribution in [2.45, 2.75) is 6.92 Å². The number of halogens is 1. The van der Waals surface area contributed by atoms with Gasteiger partial charge in [0.15, 0.2) is 0 Å². The van der Waals surface area contributed by atoms with Crippen molar-refractivity contribution in [2.24, 2.45) is 5.16 Å². The van der Waals surface area contributed by atoms with Crippen molar-refractivity contribution < 1.29 is 14.4 Å². The number of nitrogens with zero attached hydrogens (tertiary/aromatic N) is 1. The topological polar surface area (TPSA) is 61.7 Å². The molecule has 5 heteroatoms. The second kappa shape index (κ2) is 4.36. The lowest BCUT2D eigenvalue weighted by Gasteiger charge is -2.03. The number of carbonyl (C=O) groups excluding carboxylic acids is 1. The maximum atomic E-state index is 13.0. The molecule has 0 radical (unpaired) electrons. The van der Waals surface area contributed by atoms with Gasteiger partial charge in [0.25, 0.3) is 5.91 Å². The number of rotatable bonds is 2. The van der Waals surface area contributed by atoms with Crippen molar-refractivity contribution >= 4 is 17.8 Å². The maximum absolute atomic E-state index is 13.0. The molecule has 0 saturated heterocycles. The summed E-state index contributed by atoms with van der Waals surface area (Å²) in [7, 11) is 0. The van der Waals surface area contributed by atoms with Gasteiger partial charge in [-0.2, -0.15) is 0 Å². The molecule has 1 aromatic carbocycles. The summed E-state index contributed by atoms with van der Waals surface area (Å²) < 4.78 is 13.0. The Morgan fingerprint density at radius 2 is 2.36 bits per heavy atom. The number of hydrogen-bond acceptors (Lipinski definition) is 3. The van der Waals surface area contributed by atoms with E-state index in [4.69, 9.17) is 5.21 Å². The lowest BCUT2D eigenvalue weighted by atomic mass is 10.2. The Bertz CT molecular complexity index is 377. The van der Waals surface area contributed by atoms with E-state index in [9.17, 15) is 9.18 Å². The van der Waals surface area contributed by atoms with Gasteiger partial charge < -0.3 is 10.5 Å². The molecule has 0 aliphatic heterocycles. The van der Waals surface area contributed by atoms with E-state index in [-0.39, 0.29) is 5.69 Å². The summed E-state index contributed by atoms with van der Waals surface area (Å²) in [5.41, 5.74) is 0.887. The Morgan fingerprint density at radius 1 is 1.64 bits per heavy atom. The van der Waals surface area contributed by atoms with Crippen LogP contribution in [0.4, 0.5) is 10.1 Å². The van der Waals surface area contributed by atoms with Crippen LogP contribution in [-0.2, 0) is 4.79 Å². The first-order valence-electron chi connectivity index (χ1n) is 3.88. The van der Waals surface area contributed by atoms with Crippen LogP contribution in [0.1, 0.15) is 5.56 Å². The normalized spacial score (nSPS) is 10.4. The molecule has 0 saturated carbocycles. The van der Waals surface area contributed by atoms with Crippen LogP contribution in [0, 0.1) is 12.7 Å². The van der Waals surface area contributed by atoms with Gasteiger partial charge in [0.1, 0.15) is 12.0 Å². The smallest absolute Gasteiger partial charge is 0.270 e. The van der Waals surface area contributed by atoms with Gasteiger partial charge >= 0.3 is 0 Å². The highest BCUT2D eigenvalue weighted by molar-refractivity contribution is 6.31. The molecule has 74 valence electrons. The molecule has 0 aromatic heterocycles. The Labute approximate surface area is 80.0 Å². The van der Waals surface area contributed by atoms with Crippen LogP contribution in [0.25, 0.3) is 0 Å². The van der Waals surface area contributed by atoms with E-state index in [0.29, 0.717) is 6.21 Å². The first-order chi connectivity index (χ1) is 6.63. The van der Waals surface area contributed by atoms with Crippen LogP contribution in [0.15, 0.2) is 23.4 Å². The predicted octanol–water partition coefficient (Wildman–Crippen LogP) is 1.53. The first-order valence-corrected chi connectivity index (χ1v) is 3.88. The highest BCUT2D eigenvalue weighted by Crippen LogP contribution is 2.14. The molecule has 2 N–H and O–H groups in total. The van der Waals surface area contributed by atoms with Crippen molar-refractivity contribution in [1.29, 1.82) is 0 Å². The van der Waals surface area contributed by atoms with E-state index in [1.165, 1.54) is 12.1 Å². The minimum absolute atomic E-state index is 0.0647. The van der Waals surface area contributed by atoms with Crippen LogP contribution in [0.5, 0.6) is 0 Å². The van der Waals surface area contributed by atoms with Gasteiger partial charge in [-0.05, 0) is 24.6 Å². The molecule has 4 nitrogen and oxygen atoms in total. The van der Waals surface area contributed by atoms with Crippen molar-refractivity contribution in [3.63, 3.8) is 0 Å². The van der Waals surface area contributed by atoms with Crippen molar-refractivity contribution in [2.75, 3.05) is 5.32 Å². The molecular formula is C9H9FN2O2. The quantitative estimate of drug-likeness (QED) is 0.428. The van der Waals surface area contributed by atoms with Crippen molar-refractivity contribution in [3.05, 3.63) is 29.6 Å². The molecule has 0 heterocycles. The fraction of sp³-hybridized carbons (Fsp3) is 0.111. The van der Waals surface area contributed by atoms with Gasteiger partial charge in [-0.25, -0.2) is 4.39 Å². The van der Waals surface area contributed by atoms with Gasteiger partial charge in [0.2, 0.25) is 0 Å². The van der Waals surface area contributed by atoms with E-state index < -0.39 is 11.7 Å². The fourth-order valence-corrected chi connectivity index (χ4v) is 0.952. The number of anilines is 1. The van der Waals surface area contributed by atoms with Crippen molar-refractivity contribution in [3.8, 4) is 0 Å². The third-order valence-electron chi connectivity index (χ3n) is 1.55. The van der Waals surface area contributed by atoms with Crippen LogP contribution in [0.3, 0.4) is 0 Å². The molecule has 0 spiro atoms. The van der Waals surface area contributed by atoms with Gasteiger partial charge in [-0.15, -0.1) is 0 Å². The van der Waals surface area contributed by atoms with Gasteiger partial charge in [0.05, 0.1) is 5.69 Å². The Kier molecular flexibility index (Phi) is 3.17. The molecule has 0 unspecified atom stereocenters. The van der Waals surface area contributed by atoms with Crippen LogP contribution >= 0.6 is 0 Å². The highest BCUT2D eigenvalue weighted by Gasteiger charge is 2.04. The van der Waals surface area contributed by atoms with Gasteiger partial charge in [-0.3, -0.25) is 4.79 Å². The lowest BCUT2D eigenvalue weighted by molar-refractivity contribution is -0.110. The molecule has 0 atom stereocenters. The van der Waals surface area contributed by atoms with E-state index in [0.717, 1.165) is 5.56 Å². The van der Waals surface area contributed by atoms with Gasteiger partial charge in [-0.1, -0.05) is 11.2 Å². The standard InChI is InChI=1S/C9H9FN2O2/c1-6-2-3-7(10)8(4-6)12-9(13)5-11-14/h2-5,14H,1H3,(H,12,13)/b11-5+. The average Bonchev–Trinajstić information content (AvgIpc) is 2.12. The first kappa shape index (κ1) is 10.2. The van der Waals surface area contributed by atoms with E-state index in [1.807, 2.05) is 0 Å². The zero-order valence-electron chi connectivity index (χ0n) is 7.49. The zero-order chi connectivity index (χ0) is 10.6. The second-order valence-corrected chi connectivity index (χ2v) is 2.72. The van der Waals surface area contributed by atoms with E-state index in [1.54, 1.807) is 13.0 Å². The second-order valence-electron chi connectivity index (χ2n) is 2.72. The Hall–Kier alpha value is -1.91. The molecule has 0 fully saturated rings. The third-order valence-corrected chi connectivity index (χ3v) is 1.55. The summed E-state index contributed by atoms with van der Waals surface area (Å²) >= 11 is 0. The highest BCUT2D eigenvalue weighted by atomic mass is 19.1. The molecule has 0 aliphatic rings. The Balaban J connectivity index is 2.85. The minimum atomic E-state index is -0.683. The van der Waals surface area contributed by atoms with Gasteiger partial charge in [0, 0.05) is 0 Å².